The average molecular weight is 449 g/mol. The van der Waals surface area contributed by atoms with E-state index in [0.29, 0.717) is 47.3 Å². The van der Waals surface area contributed by atoms with Gasteiger partial charge in [-0.1, -0.05) is 23.2 Å². The highest BCUT2D eigenvalue weighted by Gasteiger charge is 2.28. The standard InChI is InChI=1S/C20H19Cl2FN6O/c1-12-11-28(18-15(21)10-24-20(27-18)30-2)7-8-29(12)19-25-16(9-17(22)26-19)13-3-5-14(23)6-4-13/h3-6,9-10,12H,7-8,11H2,1-2H3/t12-/m1/s1. The van der Waals surface area contributed by atoms with Crippen LogP contribution in [0.2, 0.25) is 10.2 Å². The van der Waals surface area contributed by atoms with E-state index in [0.717, 1.165) is 5.56 Å². The fraction of sp³-hybridized carbons (Fsp3) is 0.300. The lowest BCUT2D eigenvalue weighted by atomic mass is 10.1. The molecule has 1 aliphatic rings. The van der Waals surface area contributed by atoms with E-state index in [4.69, 9.17) is 27.9 Å². The first kappa shape index (κ1) is 20.6. The second-order valence-electron chi connectivity index (χ2n) is 6.90. The molecule has 0 aliphatic carbocycles. The summed E-state index contributed by atoms with van der Waals surface area (Å²) in [7, 11) is 1.52. The molecular weight excluding hydrogens is 430 g/mol. The van der Waals surface area contributed by atoms with Gasteiger partial charge >= 0.3 is 6.01 Å². The molecule has 156 valence electrons. The maximum Gasteiger partial charge on any atom is 0.318 e. The second-order valence-corrected chi connectivity index (χ2v) is 7.69. The molecule has 0 N–H and O–H groups in total. The molecule has 1 fully saturated rings. The Bertz CT molecular complexity index is 1050. The van der Waals surface area contributed by atoms with Gasteiger partial charge in [-0.05, 0) is 31.2 Å². The van der Waals surface area contributed by atoms with Crippen LogP contribution in [0.5, 0.6) is 6.01 Å². The van der Waals surface area contributed by atoms with Gasteiger partial charge < -0.3 is 14.5 Å². The number of nitrogens with zero attached hydrogens (tertiary/aromatic N) is 6. The molecule has 1 atom stereocenters. The van der Waals surface area contributed by atoms with E-state index in [9.17, 15) is 4.39 Å². The molecule has 2 aromatic heterocycles. The number of aromatic nitrogens is 4. The Morgan fingerprint density at radius 3 is 2.57 bits per heavy atom. The predicted octanol–water partition coefficient (Wildman–Crippen LogP) is 4.10. The van der Waals surface area contributed by atoms with Gasteiger partial charge in [0.1, 0.15) is 16.0 Å². The van der Waals surface area contributed by atoms with Gasteiger partial charge in [-0.15, -0.1) is 0 Å². The van der Waals surface area contributed by atoms with E-state index in [1.54, 1.807) is 18.2 Å². The summed E-state index contributed by atoms with van der Waals surface area (Å²) in [6.07, 6.45) is 1.54. The first-order valence-electron chi connectivity index (χ1n) is 9.33. The smallest absolute Gasteiger partial charge is 0.318 e. The Balaban J connectivity index is 1.57. The zero-order valence-electron chi connectivity index (χ0n) is 16.4. The first-order chi connectivity index (χ1) is 14.4. The van der Waals surface area contributed by atoms with Gasteiger partial charge in [0, 0.05) is 37.3 Å². The van der Waals surface area contributed by atoms with Gasteiger partial charge in [0.2, 0.25) is 5.95 Å². The van der Waals surface area contributed by atoms with Gasteiger partial charge in [0.25, 0.3) is 0 Å². The summed E-state index contributed by atoms with van der Waals surface area (Å²) in [4.78, 5) is 21.7. The maximum absolute atomic E-state index is 13.3. The van der Waals surface area contributed by atoms with E-state index >= 15 is 0 Å². The summed E-state index contributed by atoms with van der Waals surface area (Å²) in [5, 5.41) is 0.798. The average Bonchev–Trinajstić information content (AvgIpc) is 2.74. The lowest BCUT2D eigenvalue weighted by Crippen LogP contribution is -2.53. The lowest BCUT2D eigenvalue weighted by molar-refractivity contribution is 0.379. The molecule has 4 rings (SSSR count). The highest BCUT2D eigenvalue weighted by Crippen LogP contribution is 2.29. The highest BCUT2D eigenvalue weighted by molar-refractivity contribution is 6.32. The van der Waals surface area contributed by atoms with Crippen molar-refractivity contribution >= 4 is 35.0 Å². The number of hydrogen-bond donors (Lipinski definition) is 0. The van der Waals surface area contributed by atoms with Crippen molar-refractivity contribution in [3.8, 4) is 17.3 Å². The van der Waals surface area contributed by atoms with Gasteiger partial charge in [-0.25, -0.2) is 19.3 Å². The Hall–Kier alpha value is -2.71. The third-order valence-corrected chi connectivity index (χ3v) is 5.35. The van der Waals surface area contributed by atoms with Crippen molar-refractivity contribution < 1.29 is 9.13 Å². The molecule has 1 aromatic carbocycles. The predicted molar refractivity (Wildman–Crippen MR) is 115 cm³/mol. The van der Waals surface area contributed by atoms with Crippen LogP contribution in [0, 0.1) is 5.82 Å². The molecule has 0 saturated carbocycles. The number of ether oxygens (including phenoxy) is 1. The van der Waals surface area contributed by atoms with Crippen molar-refractivity contribution in [3.05, 3.63) is 52.5 Å². The molecular formula is C20H19Cl2FN6O. The van der Waals surface area contributed by atoms with Crippen LogP contribution < -0.4 is 14.5 Å². The minimum atomic E-state index is -0.302. The summed E-state index contributed by atoms with van der Waals surface area (Å²) in [5.41, 5.74) is 1.41. The van der Waals surface area contributed by atoms with E-state index in [2.05, 4.69) is 36.7 Å². The number of piperazine rings is 1. The van der Waals surface area contributed by atoms with Crippen molar-refractivity contribution in [3.63, 3.8) is 0 Å². The van der Waals surface area contributed by atoms with Crippen LogP contribution in [0.3, 0.4) is 0 Å². The van der Waals surface area contributed by atoms with E-state index in [-0.39, 0.29) is 17.9 Å². The normalized spacial score (nSPS) is 16.6. The third-order valence-electron chi connectivity index (χ3n) is 4.89. The van der Waals surface area contributed by atoms with Crippen LogP contribution in [-0.2, 0) is 0 Å². The van der Waals surface area contributed by atoms with Crippen LogP contribution >= 0.6 is 23.2 Å². The molecule has 0 radical (unpaired) electrons. The van der Waals surface area contributed by atoms with Crippen molar-refractivity contribution in [2.45, 2.75) is 13.0 Å². The lowest BCUT2D eigenvalue weighted by Gasteiger charge is -2.40. The minimum absolute atomic E-state index is 0.0651. The molecule has 3 aromatic rings. The summed E-state index contributed by atoms with van der Waals surface area (Å²) in [6.45, 7) is 4.03. The second kappa shape index (κ2) is 8.57. The molecule has 0 amide bonds. The van der Waals surface area contributed by atoms with Crippen molar-refractivity contribution in [2.24, 2.45) is 0 Å². The first-order valence-corrected chi connectivity index (χ1v) is 10.1. The Morgan fingerprint density at radius 1 is 1.10 bits per heavy atom. The minimum Gasteiger partial charge on any atom is -0.467 e. The molecule has 7 nitrogen and oxygen atoms in total. The largest absolute Gasteiger partial charge is 0.467 e. The number of halogens is 3. The van der Waals surface area contributed by atoms with Crippen molar-refractivity contribution in [2.75, 3.05) is 36.5 Å². The van der Waals surface area contributed by atoms with Gasteiger partial charge in [-0.2, -0.15) is 4.98 Å². The topological polar surface area (TPSA) is 67.3 Å². The number of rotatable bonds is 4. The highest BCUT2D eigenvalue weighted by atomic mass is 35.5. The summed E-state index contributed by atoms with van der Waals surface area (Å²) in [5.74, 6) is 0.859. The molecule has 30 heavy (non-hydrogen) atoms. The zero-order chi connectivity index (χ0) is 21.3. The summed E-state index contributed by atoms with van der Waals surface area (Å²) in [6, 6.07) is 8.14. The zero-order valence-corrected chi connectivity index (χ0v) is 17.9. The molecule has 1 saturated heterocycles. The monoisotopic (exact) mass is 448 g/mol. The third kappa shape index (κ3) is 4.24. The SMILES string of the molecule is COc1ncc(Cl)c(N2CCN(c3nc(Cl)cc(-c4ccc(F)cc4)n3)[C@H](C)C2)n1. The molecule has 0 bridgehead atoms. The van der Waals surface area contributed by atoms with Crippen LogP contribution in [0.1, 0.15) is 6.92 Å². The van der Waals surface area contributed by atoms with Crippen molar-refractivity contribution in [1.82, 2.24) is 19.9 Å². The quantitative estimate of drug-likeness (QED) is 0.556. The van der Waals surface area contributed by atoms with E-state index in [1.807, 2.05) is 0 Å². The van der Waals surface area contributed by atoms with E-state index in [1.165, 1.54) is 25.4 Å². The van der Waals surface area contributed by atoms with Gasteiger partial charge in [0.15, 0.2) is 5.82 Å². The Kier molecular flexibility index (Phi) is 5.87. The molecule has 10 heteroatoms. The Morgan fingerprint density at radius 2 is 1.87 bits per heavy atom. The van der Waals surface area contributed by atoms with Crippen LogP contribution in [-0.4, -0.2) is 52.7 Å². The fourth-order valence-corrected chi connectivity index (χ4v) is 3.80. The summed E-state index contributed by atoms with van der Waals surface area (Å²) >= 11 is 12.6. The van der Waals surface area contributed by atoms with Crippen LogP contribution in [0.15, 0.2) is 36.5 Å². The van der Waals surface area contributed by atoms with Crippen molar-refractivity contribution in [1.29, 1.82) is 0 Å². The summed E-state index contributed by atoms with van der Waals surface area (Å²) < 4.78 is 18.4. The maximum atomic E-state index is 13.3. The van der Waals surface area contributed by atoms with Gasteiger partial charge in [0.05, 0.1) is 19.0 Å². The molecule has 0 unspecified atom stereocenters. The van der Waals surface area contributed by atoms with E-state index < -0.39 is 0 Å². The molecule has 3 heterocycles. The number of methoxy groups -OCH3 is 1. The van der Waals surface area contributed by atoms with Crippen LogP contribution in [0.25, 0.3) is 11.3 Å². The number of anilines is 2. The Labute approximate surface area is 183 Å². The number of benzene rings is 1. The van der Waals surface area contributed by atoms with Crippen LogP contribution in [0.4, 0.5) is 16.2 Å². The molecule has 0 spiro atoms. The fourth-order valence-electron chi connectivity index (χ4n) is 3.41. The number of hydrogen-bond acceptors (Lipinski definition) is 7. The van der Waals surface area contributed by atoms with Gasteiger partial charge in [-0.3, -0.25) is 0 Å². The molecule has 1 aliphatic heterocycles.